The maximum atomic E-state index is 3.64. The van der Waals surface area contributed by atoms with Gasteiger partial charge in [0.1, 0.15) is 6.17 Å². The Balaban J connectivity index is 1.80. The van der Waals surface area contributed by atoms with Gasteiger partial charge in [-0.25, -0.2) is 0 Å². The molecule has 2 heterocycles. The van der Waals surface area contributed by atoms with Crippen molar-refractivity contribution < 1.29 is 0 Å². The fraction of sp³-hybridized carbons (Fsp3) is 0.391. The summed E-state index contributed by atoms with van der Waals surface area (Å²) in [6, 6.07) is 13.4. The van der Waals surface area contributed by atoms with Crippen LogP contribution in [0.3, 0.4) is 0 Å². The Labute approximate surface area is 162 Å². The van der Waals surface area contributed by atoms with E-state index in [4.69, 9.17) is 0 Å². The van der Waals surface area contributed by atoms with Crippen LogP contribution >= 0.6 is 0 Å². The lowest BCUT2D eigenvalue weighted by molar-refractivity contribution is 0.590. The molecule has 27 heavy (non-hydrogen) atoms. The molecule has 2 N–H and O–H groups in total. The molecule has 0 unspecified atom stereocenters. The Kier molecular flexibility index (Phi) is 4.10. The van der Waals surface area contributed by atoms with Crippen LogP contribution in [-0.4, -0.2) is 12.3 Å². The highest BCUT2D eigenvalue weighted by atomic mass is 15.3. The smallest absolute Gasteiger partial charge is 0.101 e. The van der Waals surface area contributed by atoms with E-state index in [9.17, 15) is 0 Å². The van der Waals surface area contributed by atoms with E-state index >= 15 is 0 Å². The summed E-state index contributed by atoms with van der Waals surface area (Å²) < 4.78 is 0. The summed E-state index contributed by atoms with van der Waals surface area (Å²) in [6.07, 6.45) is 4.62. The predicted octanol–water partition coefficient (Wildman–Crippen LogP) is 5.43. The Morgan fingerprint density at radius 2 is 1.67 bits per heavy atom. The van der Waals surface area contributed by atoms with Crippen molar-refractivity contribution in [2.75, 3.05) is 15.1 Å². The number of nitrogens with one attached hydrogen (secondary N) is 2. The molecule has 0 spiro atoms. The summed E-state index contributed by atoms with van der Waals surface area (Å²) >= 11 is 0. The molecule has 2 aliphatic rings. The van der Waals surface area contributed by atoms with Gasteiger partial charge in [0.2, 0.25) is 0 Å². The molecule has 2 atom stereocenters. The van der Waals surface area contributed by atoms with Gasteiger partial charge >= 0.3 is 0 Å². The second-order valence-corrected chi connectivity index (χ2v) is 8.66. The first-order valence-corrected chi connectivity index (χ1v) is 9.78. The molecule has 0 saturated heterocycles. The van der Waals surface area contributed by atoms with Crippen molar-refractivity contribution in [2.24, 2.45) is 0 Å². The van der Waals surface area contributed by atoms with Crippen LogP contribution in [0.1, 0.15) is 45.7 Å². The number of anilines is 4. The topological polar surface area (TPSA) is 30.5 Å². The normalized spacial score (nSPS) is 21.3. The molecule has 0 amide bonds. The fourth-order valence-corrected chi connectivity index (χ4v) is 4.07. The zero-order chi connectivity index (χ0) is 19.3. The Morgan fingerprint density at radius 1 is 0.926 bits per heavy atom. The number of hydrogen-bond acceptors (Lipinski definition) is 4. The first kappa shape index (κ1) is 17.8. The second-order valence-electron chi connectivity index (χ2n) is 8.66. The molecule has 4 heteroatoms. The van der Waals surface area contributed by atoms with Crippen LogP contribution in [-0.2, 0) is 5.41 Å². The third-order valence-electron chi connectivity index (χ3n) is 5.68. The highest BCUT2D eigenvalue weighted by molar-refractivity contribution is 5.85. The number of benzene rings is 2. The molecule has 4 nitrogen and oxygen atoms in total. The monoisotopic (exact) mass is 362 g/mol. The van der Waals surface area contributed by atoms with Crippen LogP contribution in [0.2, 0.25) is 0 Å². The van der Waals surface area contributed by atoms with Crippen molar-refractivity contribution in [3.05, 3.63) is 59.9 Å². The molecule has 0 bridgehead atoms. The van der Waals surface area contributed by atoms with Crippen molar-refractivity contribution in [1.82, 2.24) is 5.32 Å². The third kappa shape index (κ3) is 2.93. The van der Waals surface area contributed by atoms with E-state index in [1.165, 1.54) is 33.9 Å². The van der Waals surface area contributed by atoms with Crippen molar-refractivity contribution in [3.8, 4) is 0 Å². The van der Waals surface area contributed by atoms with Gasteiger partial charge in [-0.3, -0.25) is 0 Å². The van der Waals surface area contributed by atoms with Gasteiger partial charge in [0.05, 0.1) is 17.5 Å². The maximum Gasteiger partial charge on any atom is 0.101 e. The lowest BCUT2D eigenvalue weighted by Crippen LogP contribution is -2.33. The fourth-order valence-electron chi connectivity index (χ4n) is 4.07. The number of fused-ring (bicyclic) bond motifs is 1. The van der Waals surface area contributed by atoms with Crippen LogP contribution in [0, 0.1) is 6.92 Å². The molecule has 0 saturated carbocycles. The van der Waals surface area contributed by atoms with E-state index < -0.39 is 0 Å². The molecular weight excluding hydrogens is 332 g/mol. The van der Waals surface area contributed by atoms with Crippen LogP contribution < -0.4 is 20.4 Å². The van der Waals surface area contributed by atoms with Crippen molar-refractivity contribution >= 4 is 22.7 Å². The maximum absolute atomic E-state index is 3.64. The zero-order valence-electron chi connectivity index (χ0n) is 17.2. The first-order chi connectivity index (χ1) is 12.8. The second kappa shape index (κ2) is 6.22. The largest absolute Gasteiger partial charge is 0.370 e. The molecule has 2 aliphatic heterocycles. The minimum absolute atomic E-state index is 0.130. The van der Waals surface area contributed by atoms with Crippen molar-refractivity contribution in [3.63, 3.8) is 0 Å². The first-order valence-electron chi connectivity index (χ1n) is 9.78. The quantitative estimate of drug-likeness (QED) is 0.746. The molecule has 0 aromatic heterocycles. The molecule has 2 aromatic rings. The summed E-state index contributed by atoms with van der Waals surface area (Å²) in [4.78, 5) is 4.72. The minimum atomic E-state index is 0.130. The highest BCUT2D eigenvalue weighted by Gasteiger charge is 2.30. The van der Waals surface area contributed by atoms with Crippen molar-refractivity contribution in [2.45, 2.75) is 59.3 Å². The average Bonchev–Trinajstić information content (AvgIpc) is 3.16. The number of rotatable bonds is 2. The molecule has 0 aliphatic carbocycles. The molecule has 142 valence electrons. The third-order valence-corrected chi connectivity index (χ3v) is 5.68. The van der Waals surface area contributed by atoms with Crippen molar-refractivity contribution in [1.29, 1.82) is 0 Å². The van der Waals surface area contributed by atoms with Crippen LogP contribution in [0.4, 0.5) is 22.7 Å². The summed E-state index contributed by atoms with van der Waals surface area (Å²) in [5, 5.41) is 6.99. The van der Waals surface area contributed by atoms with E-state index in [0.29, 0.717) is 0 Å². The molecule has 0 fully saturated rings. The standard InChI is InChI=1S/C23H30N4/c1-15-20(26-13-12-24-16(26)2)8-7-9-21(15)27-17(3)25-19-11-10-18(14-22(19)27)23(4,5)6/h7-14,16-17,24-25H,1-6H3/t16-,17+/m0/s1. The van der Waals surface area contributed by atoms with E-state index in [0.717, 1.165) is 0 Å². The zero-order valence-corrected chi connectivity index (χ0v) is 17.2. The Bertz CT molecular complexity index is 894. The summed E-state index contributed by atoms with van der Waals surface area (Å²) in [6.45, 7) is 13.4. The summed E-state index contributed by atoms with van der Waals surface area (Å²) in [5.41, 5.74) is 7.75. The molecular formula is C23H30N4. The van der Waals surface area contributed by atoms with Gasteiger partial charge in [-0.2, -0.15) is 0 Å². The average molecular weight is 363 g/mol. The predicted molar refractivity (Wildman–Crippen MR) is 116 cm³/mol. The van der Waals surface area contributed by atoms with Gasteiger partial charge in [0.25, 0.3) is 0 Å². The Morgan fingerprint density at radius 3 is 2.33 bits per heavy atom. The summed E-state index contributed by atoms with van der Waals surface area (Å²) in [5.74, 6) is 0. The molecule has 4 rings (SSSR count). The van der Waals surface area contributed by atoms with Gasteiger partial charge in [-0.1, -0.05) is 32.9 Å². The van der Waals surface area contributed by atoms with E-state index in [1.54, 1.807) is 0 Å². The van der Waals surface area contributed by atoms with E-state index in [1.807, 2.05) is 6.20 Å². The van der Waals surface area contributed by atoms with Crippen LogP contribution in [0.25, 0.3) is 0 Å². The van der Waals surface area contributed by atoms with Crippen LogP contribution in [0.5, 0.6) is 0 Å². The molecule has 0 radical (unpaired) electrons. The van der Waals surface area contributed by atoms with Gasteiger partial charge in [-0.05, 0) is 61.6 Å². The minimum Gasteiger partial charge on any atom is -0.370 e. The van der Waals surface area contributed by atoms with E-state index in [-0.39, 0.29) is 17.7 Å². The SMILES string of the molecule is Cc1c(N2C=CN[C@@H]2C)cccc1N1c2cc(C(C)(C)C)ccc2N[C@H]1C. The van der Waals surface area contributed by atoms with Crippen LogP contribution in [0.15, 0.2) is 48.8 Å². The lowest BCUT2D eigenvalue weighted by atomic mass is 9.86. The molecule has 2 aromatic carbocycles. The highest BCUT2D eigenvalue weighted by Crippen LogP contribution is 2.44. The van der Waals surface area contributed by atoms with Gasteiger partial charge in [0.15, 0.2) is 0 Å². The number of nitrogens with zero attached hydrogens (tertiary/aromatic N) is 2. The van der Waals surface area contributed by atoms with Gasteiger partial charge in [0, 0.05) is 23.8 Å². The van der Waals surface area contributed by atoms with Gasteiger partial charge < -0.3 is 20.4 Å². The van der Waals surface area contributed by atoms with Gasteiger partial charge in [-0.15, -0.1) is 0 Å². The Hall–Kier alpha value is -2.62. The summed E-state index contributed by atoms with van der Waals surface area (Å²) in [7, 11) is 0. The lowest BCUT2D eigenvalue weighted by Gasteiger charge is -2.30. The van der Waals surface area contributed by atoms with E-state index in [2.05, 4.69) is 105 Å². The number of hydrogen-bond donors (Lipinski definition) is 2.